The van der Waals surface area contributed by atoms with E-state index in [1.807, 2.05) is 23.1 Å². The second-order valence-corrected chi connectivity index (χ2v) is 8.33. The van der Waals surface area contributed by atoms with Gasteiger partial charge in [0.2, 0.25) is 5.91 Å². The molecule has 3 aliphatic heterocycles. The van der Waals surface area contributed by atoms with Gasteiger partial charge in [0.15, 0.2) is 0 Å². The summed E-state index contributed by atoms with van der Waals surface area (Å²) in [5.74, 6) is 0.0461. The molecule has 2 aromatic rings. The minimum atomic E-state index is -0.603. The van der Waals surface area contributed by atoms with Crippen LogP contribution in [-0.2, 0) is 9.59 Å². The number of carbonyl (C=O) groups is 2. The number of thioether (sulfide) groups is 1. The number of rotatable bonds is 3. The normalized spacial score (nSPS) is 27.5. The van der Waals surface area contributed by atoms with Gasteiger partial charge in [-0.1, -0.05) is 18.2 Å². The van der Waals surface area contributed by atoms with E-state index in [0.717, 1.165) is 5.75 Å². The molecule has 5 rings (SSSR count). The molecule has 0 aliphatic carbocycles. The van der Waals surface area contributed by atoms with Gasteiger partial charge in [-0.15, -0.1) is 11.8 Å². The molecule has 3 heterocycles. The van der Waals surface area contributed by atoms with Gasteiger partial charge in [0.25, 0.3) is 5.69 Å². The molecule has 29 heavy (non-hydrogen) atoms. The Morgan fingerprint density at radius 1 is 1.21 bits per heavy atom. The van der Waals surface area contributed by atoms with Crippen molar-refractivity contribution in [3.63, 3.8) is 0 Å². The summed E-state index contributed by atoms with van der Waals surface area (Å²) in [5.41, 5.74) is 1.14. The molecule has 0 spiro atoms. The van der Waals surface area contributed by atoms with E-state index in [0.29, 0.717) is 22.9 Å². The number of nitrogens with zero attached hydrogens (tertiary/aromatic N) is 2. The number of para-hydroxylation sites is 1. The first-order valence-electron chi connectivity index (χ1n) is 9.24. The summed E-state index contributed by atoms with van der Waals surface area (Å²) in [6.07, 6.45) is 0. The van der Waals surface area contributed by atoms with Crippen molar-refractivity contribution in [2.24, 2.45) is 5.92 Å². The number of nitrogens with one attached hydrogen (secondary N) is 1. The Morgan fingerprint density at radius 2 is 2.00 bits per heavy atom. The van der Waals surface area contributed by atoms with Crippen LogP contribution in [0, 0.1) is 16.0 Å². The van der Waals surface area contributed by atoms with Gasteiger partial charge in [0.05, 0.1) is 16.9 Å². The lowest BCUT2D eigenvalue weighted by molar-refractivity contribution is -0.385. The van der Waals surface area contributed by atoms with Crippen molar-refractivity contribution in [2.45, 2.75) is 18.0 Å². The summed E-state index contributed by atoms with van der Waals surface area (Å²) in [6, 6.07) is 12.6. The molecule has 4 atom stereocenters. The topological polar surface area (TPSA) is 102 Å². The monoisotopic (exact) mass is 411 g/mol. The van der Waals surface area contributed by atoms with Gasteiger partial charge in [0, 0.05) is 47.0 Å². The number of nitro groups is 1. The number of amides is 1. The predicted molar refractivity (Wildman–Crippen MR) is 107 cm³/mol. The van der Waals surface area contributed by atoms with E-state index in [2.05, 4.69) is 5.32 Å². The molecule has 0 radical (unpaired) electrons. The van der Waals surface area contributed by atoms with E-state index in [4.69, 9.17) is 4.74 Å². The molecule has 0 bridgehead atoms. The van der Waals surface area contributed by atoms with Crippen molar-refractivity contribution in [1.29, 1.82) is 0 Å². The summed E-state index contributed by atoms with van der Waals surface area (Å²) in [5, 5.41) is 14.2. The summed E-state index contributed by atoms with van der Waals surface area (Å²) >= 11 is 1.67. The fourth-order valence-electron chi connectivity index (χ4n) is 4.61. The van der Waals surface area contributed by atoms with E-state index in [9.17, 15) is 19.7 Å². The molecule has 148 valence electrons. The van der Waals surface area contributed by atoms with Gasteiger partial charge in [0.1, 0.15) is 5.75 Å². The van der Waals surface area contributed by atoms with Crippen LogP contribution in [0.1, 0.15) is 11.5 Å². The average Bonchev–Trinajstić information content (AvgIpc) is 3.29. The van der Waals surface area contributed by atoms with Crippen molar-refractivity contribution < 1.29 is 19.2 Å². The molecule has 1 amide bonds. The molecule has 0 aromatic heterocycles. The highest BCUT2D eigenvalue weighted by Crippen LogP contribution is 2.52. The quantitative estimate of drug-likeness (QED) is 0.358. The number of ether oxygens (including phenoxy) is 1. The van der Waals surface area contributed by atoms with Gasteiger partial charge in [-0.25, -0.2) is 0 Å². The van der Waals surface area contributed by atoms with E-state index in [1.165, 1.54) is 18.2 Å². The highest BCUT2D eigenvalue weighted by Gasteiger charge is 2.60. The van der Waals surface area contributed by atoms with Crippen LogP contribution < -0.4 is 10.1 Å². The standard InChI is InChI=1S/C20H17N3O5S/c24-19(21-11-4-2-1-3-5-11)18-16-13-8-12(23(26)27)6-7-15(13)28-20(25)17(16)14-9-29-10-22(14)18/h1-8,14,16-18H,9-10H2,(H,21,24)/t14-,16+,17+,18-/m1/s1. The molecule has 0 unspecified atom stereocenters. The third-order valence-electron chi connectivity index (χ3n) is 5.81. The number of non-ortho nitro benzene ring substituents is 1. The first-order valence-corrected chi connectivity index (χ1v) is 10.4. The van der Waals surface area contributed by atoms with Crippen LogP contribution in [0.4, 0.5) is 11.4 Å². The maximum absolute atomic E-state index is 13.3. The van der Waals surface area contributed by atoms with Crippen LogP contribution in [0.2, 0.25) is 0 Å². The van der Waals surface area contributed by atoms with Crippen molar-refractivity contribution in [1.82, 2.24) is 4.90 Å². The molecule has 9 heteroatoms. The zero-order valence-electron chi connectivity index (χ0n) is 15.2. The van der Waals surface area contributed by atoms with Crippen molar-refractivity contribution in [3.05, 3.63) is 64.2 Å². The highest BCUT2D eigenvalue weighted by atomic mass is 32.2. The maximum Gasteiger partial charge on any atom is 0.316 e. The minimum Gasteiger partial charge on any atom is -0.426 e. The lowest BCUT2D eigenvalue weighted by Gasteiger charge is -2.30. The minimum absolute atomic E-state index is 0.0795. The largest absolute Gasteiger partial charge is 0.426 e. The van der Waals surface area contributed by atoms with Crippen LogP contribution in [0.5, 0.6) is 5.75 Å². The van der Waals surface area contributed by atoms with Gasteiger partial charge >= 0.3 is 5.97 Å². The molecule has 0 saturated carbocycles. The Bertz CT molecular complexity index is 1010. The molecule has 2 fully saturated rings. The van der Waals surface area contributed by atoms with Crippen molar-refractivity contribution >= 4 is 35.0 Å². The molecule has 2 saturated heterocycles. The molecular formula is C20H17N3O5S. The highest BCUT2D eigenvalue weighted by molar-refractivity contribution is 7.99. The summed E-state index contributed by atoms with van der Waals surface area (Å²) in [4.78, 5) is 39.0. The van der Waals surface area contributed by atoms with Gasteiger partial charge < -0.3 is 10.1 Å². The van der Waals surface area contributed by atoms with E-state index >= 15 is 0 Å². The molecule has 3 aliphatic rings. The Hall–Kier alpha value is -2.91. The first-order chi connectivity index (χ1) is 14.0. The number of anilines is 1. The Balaban J connectivity index is 1.58. The Labute approximate surface area is 170 Å². The zero-order valence-corrected chi connectivity index (χ0v) is 16.0. The van der Waals surface area contributed by atoms with Crippen molar-refractivity contribution in [3.8, 4) is 5.75 Å². The van der Waals surface area contributed by atoms with Gasteiger partial charge in [-0.05, 0) is 18.2 Å². The second-order valence-electron chi connectivity index (χ2n) is 7.33. The number of hydrogen-bond donors (Lipinski definition) is 1. The van der Waals surface area contributed by atoms with E-state index in [-0.39, 0.29) is 23.6 Å². The molecule has 1 N–H and O–H groups in total. The summed E-state index contributed by atoms with van der Waals surface area (Å²) in [6.45, 7) is 0. The van der Waals surface area contributed by atoms with E-state index in [1.54, 1.807) is 23.9 Å². The fraction of sp³-hybridized carbons (Fsp3) is 0.300. The van der Waals surface area contributed by atoms with Crippen LogP contribution in [0.3, 0.4) is 0 Å². The zero-order chi connectivity index (χ0) is 20.1. The predicted octanol–water partition coefficient (Wildman–Crippen LogP) is 2.61. The Kier molecular flexibility index (Phi) is 4.29. The lowest BCUT2D eigenvalue weighted by atomic mass is 9.79. The summed E-state index contributed by atoms with van der Waals surface area (Å²) in [7, 11) is 0. The fourth-order valence-corrected chi connectivity index (χ4v) is 5.92. The van der Waals surface area contributed by atoms with Gasteiger partial charge in [-0.2, -0.15) is 0 Å². The van der Waals surface area contributed by atoms with Crippen LogP contribution in [-0.4, -0.2) is 45.4 Å². The van der Waals surface area contributed by atoms with Crippen LogP contribution >= 0.6 is 11.8 Å². The lowest BCUT2D eigenvalue weighted by Crippen LogP contribution is -2.43. The average molecular weight is 411 g/mol. The smallest absolute Gasteiger partial charge is 0.316 e. The van der Waals surface area contributed by atoms with Crippen LogP contribution in [0.25, 0.3) is 0 Å². The SMILES string of the molecule is O=C1Oc2ccc([N+](=O)[O-])cc2[C@H]2[C@@H]1[C@H]1CSCN1[C@H]2C(=O)Nc1ccccc1. The van der Waals surface area contributed by atoms with Gasteiger partial charge in [-0.3, -0.25) is 24.6 Å². The maximum atomic E-state index is 13.3. The number of esters is 1. The second kappa shape index (κ2) is 6.85. The third-order valence-corrected chi connectivity index (χ3v) is 6.87. The summed E-state index contributed by atoms with van der Waals surface area (Å²) < 4.78 is 5.51. The number of nitro benzene ring substituents is 1. The number of benzene rings is 2. The number of carbonyl (C=O) groups excluding carboxylic acids is 2. The van der Waals surface area contributed by atoms with Crippen LogP contribution in [0.15, 0.2) is 48.5 Å². The first kappa shape index (κ1) is 18.1. The third kappa shape index (κ3) is 2.89. The Morgan fingerprint density at radius 3 is 2.76 bits per heavy atom. The number of fused-ring (bicyclic) bond motifs is 5. The molecule has 2 aromatic carbocycles. The van der Waals surface area contributed by atoms with E-state index < -0.39 is 22.8 Å². The molecule has 8 nitrogen and oxygen atoms in total. The molecular weight excluding hydrogens is 394 g/mol. The number of hydrogen-bond acceptors (Lipinski definition) is 7. The van der Waals surface area contributed by atoms with Crippen molar-refractivity contribution in [2.75, 3.05) is 16.9 Å².